The number of anilines is 1. The maximum atomic E-state index is 13.1. The third kappa shape index (κ3) is 5.54. The Morgan fingerprint density at radius 3 is 2.64 bits per heavy atom. The summed E-state index contributed by atoms with van der Waals surface area (Å²) in [5, 5.41) is 14.3. The lowest BCUT2D eigenvalue weighted by molar-refractivity contribution is -0.137. The molecule has 0 aromatic heterocycles. The maximum absolute atomic E-state index is 13.1. The highest BCUT2D eigenvalue weighted by Gasteiger charge is 2.45. The van der Waals surface area contributed by atoms with Gasteiger partial charge in [0.25, 0.3) is 11.8 Å². The number of carboxylic acid groups (broad SMARTS) is 1. The Balaban J connectivity index is 1.26. The normalized spacial score (nSPS) is 17.1. The van der Waals surface area contributed by atoms with E-state index in [1.54, 1.807) is 42.5 Å². The van der Waals surface area contributed by atoms with Gasteiger partial charge in [-0.05, 0) is 55.5 Å². The summed E-state index contributed by atoms with van der Waals surface area (Å²) >= 11 is 0. The van der Waals surface area contributed by atoms with Crippen molar-refractivity contribution in [2.24, 2.45) is 0 Å². The van der Waals surface area contributed by atoms with Crippen molar-refractivity contribution < 1.29 is 33.8 Å². The lowest BCUT2D eigenvalue weighted by Crippen LogP contribution is -2.54. The van der Waals surface area contributed by atoms with E-state index in [1.807, 2.05) is 0 Å². The lowest BCUT2D eigenvalue weighted by atomic mass is 10.0. The van der Waals surface area contributed by atoms with Gasteiger partial charge in [0.05, 0.1) is 24.2 Å². The lowest BCUT2D eigenvalue weighted by Gasteiger charge is -2.27. The first-order valence-electron chi connectivity index (χ1n) is 11.9. The summed E-state index contributed by atoms with van der Waals surface area (Å²) < 4.78 is 5.71. The number of nitrogens with one attached hydrogen (secondary N) is 2. The van der Waals surface area contributed by atoms with Gasteiger partial charge in [-0.15, -0.1) is 0 Å². The molecule has 4 rings (SSSR count). The van der Waals surface area contributed by atoms with Crippen LogP contribution >= 0.6 is 0 Å². The van der Waals surface area contributed by atoms with Crippen LogP contribution in [-0.4, -0.2) is 58.8 Å². The van der Waals surface area contributed by atoms with Crippen LogP contribution < -0.4 is 15.4 Å². The summed E-state index contributed by atoms with van der Waals surface area (Å²) in [5.74, 6) is -2.36. The van der Waals surface area contributed by atoms with Crippen LogP contribution in [0.4, 0.5) is 5.69 Å². The van der Waals surface area contributed by atoms with E-state index < -0.39 is 35.6 Å². The number of unbranched alkanes of at least 4 members (excludes halogenated alkanes) is 2. The number of piperidine rings is 1. The summed E-state index contributed by atoms with van der Waals surface area (Å²) in [5.41, 5.74) is 1.71. The number of ether oxygens (including phenoxy) is 1. The Labute approximate surface area is 207 Å². The largest absolute Gasteiger partial charge is 0.494 e. The second-order valence-corrected chi connectivity index (χ2v) is 8.73. The standard InChI is InChI=1S/C26H27N3O7/c30-21-11-10-20(24(33)28-21)29-25(34)18-8-5-9-19(23(18)26(29)35)27-12-2-1-3-13-36-17-7-4-6-16(14-17)15-22(31)32/h4-9,14,20,27H,1-3,10-13,15H2,(H,31,32)(H,28,30,33). The van der Waals surface area contributed by atoms with Gasteiger partial charge in [0.15, 0.2) is 0 Å². The first kappa shape index (κ1) is 24.9. The van der Waals surface area contributed by atoms with E-state index in [-0.39, 0.29) is 30.4 Å². The van der Waals surface area contributed by atoms with E-state index in [1.165, 1.54) is 0 Å². The van der Waals surface area contributed by atoms with Gasteiger partial charge in [0.2, 0.25) is 11.8 Å². The number of hydrogen-bond donors (Lipinski definition) is 3. The van der Waals surface area contributed by atoms with Crippen LogP contribution in [0.5, 0.6) is 5.75 Å². The molecule has 0 radical (unpaired) electrons. The summed E-state index contributed by atoms with van der Waals surface area (Å²) in [7, 11) is 0. The van der Waals surface area contributed by atoms with Crippen molar-refractivity contribution >= 4 is 35.3 Å². The zero-order valence-corrected chi connectivity index (χ0v) is 19.6. The number of carboxylic acids is 1. The van der Waals surface area contributed by atoms with Crippen LogP contribution in [0.25, 0.3) is 0 Å². The molecule has 1 atom stereocenters. The van der Waals surface area contributed by atoms with Gasteiger partial charge in [-0.2, -0.15) is 0 Å². The van der Waals surface area contributed by atoms with E-state index in [0.717, 1.165) is 24.2 Å². The zero-order chi connectivity index (χ0) is 25.7. The number of imide groups is 2. The molecule has 0 aliphatic carbocycles. The molecular formula is C26H27N3O7. The van der Waals surface area contributed by atoms with Crippen LogP contribution in [0, 0.1) is 0 Å². The molecule has 0 saturated carbocycles. The van der Waals surface area contributed by atoms with Crippen molar-refractivity contribution in [3.8, 4) is 5.75 Å². The maximum Gasteiger partial charge on any atom is 0.307 e. The number of aliphatic carboxylic acids is 1. The van der Waals surface area contributed by atoms with Crippen LogP contribution in [-0.2, 0) is 20.8 Å². The van der Waals surface area contributed by atoms with E-state index in [4.69, 9.17) is 9.84 Å². The molecule has 2 aromatic rings. The third-order valence-corrected chi connectivity index (χ3v) is 6.13. The van der Waals surface area contributed by atoms with Crippen molar-refractivity contribution in [3.05, 3.63) is 59.2 Å². The summed E-state index contributed by atoms with van der Waals surface area (Å²) in [4.78, 5) is 61.5. The van der Waals surface area contributed by atoms with Gasteiger partial charge >= 0.3 is 5.97 Å². The predicted octanol–water partition coefficient (Wildman–Crippen LogP) is 2.38. The molecule has 2 aliphatic rings. The highest BCUT2D eigenvalue weighted by Crippen LogP contribution is 2.32. The minimum atomic E-state index is -0.993. The molecular weight excluding hydrogens is 466 g/mol. The summed E-state index contributed by atoms with van der Waals surface area (Å²) in [6.07, 6.45) is 2.58. The fourth-order valence-electron chi connectivity index (χ4n) is 4.40. The number of carbonyl (C=O) groups is 5. The topological polar surface area (TPSA) is 142 Å². The molecule has 188 valence electrons. The number of carbonyl (C=O) groups excluding carboxylic acids is 4. The molecule has 2 aromatic carbocycles. The molecule has 0 spiro atoms. The van der Waals surface area contributed by atoms with Gasteiger partial charge in [-0.1, -0.05) is 18.2 Å². The van der Waals surface area contributed by atoms with Crippen molar-refractivity contribution in [2.75, 3.05) is 18.5 Å². The van der Waals surface area contributed by atoms with Crippen LogP contribution in [0.1, 0.15) is 58.4 Å². The number of fused-ring (bicyclic) bond motifs is 1. The van der Waals surface area contributed by atoms with Gasteiger partial charge in [-0.3, -0.25) is 34.2 Å². The van der Waals surface area contributed by atoms with Gasteiger partial charge in [0, 0.05) is 18.7 Å². The smallest absolute Gasteiger partial charge is 0.307 e. The first-order chi connectivity index (χ1) is 17.3. The quantitative estimate of drug-likeness (QED) is 0.320. The average molecular weight is 494 g/mol. The highest BCUT2D eigenvalue weighted by atomic mass is 16.5. The van der Waals surface area contributed by atoms with E-state index in [9.17, 15) is 24.0 Å². The second kappa shape index (κ2) is 11.0. The fraction of sp³-hybridized carbons (Fsp3) is 0.346. The molecule has 2 aliphatic heterocycles. The third-order valence-electron chi connectivity index (χ3n) is 6.13. The minimum Gasteiger partial charge on any atom is -0.494 e. The van der Waals surface area contributed by atoms with Gasteiger partial charge < -0.3 is 15.2 Å². The number of rotatable bonds is 11. The number of amides is 4. The zero-order valence-electron chi connectivity index (χ0n) is 19.6. The molecule has 36 heavy (non-hydrogen) atoms. The molecule has 4 amide bonds. The van der Waals surface area contributed by atoms with Crippen LogP contribution in [0.2, 0.25) is 0 Å². The Bertz CT molecular complexity index is 1210. The average Bonchev–Trinajstić information content (AvgIpc) is 3.09. The Kier molecular flexibility index (Phi) is 7.62. The summed E-state index contributed by atoms with van der Waals surface area (Å²) in [6, 6.07) is 11.0. The molecule has 1 unspecified atom stereocenters. The molecule has 2 heterocycles. The van der Waals surface area contributed by atoms with Gasteiger partial charge in [0.1, 0.15) is 11.8 Å². The van der Waals surface area contributed by atoms with Crippen LogP contribution in [0.15, 0.2) is 42.5 Å². The monoisotopic (exact) mass is 493 g/mol. The molecule has 10 heteroatoms. The van der Waals surface area contributed by atoms with Crippen molar-refractivity contribution in [1.29, 1.82) is 0 Å². The molecule has 1 saturated heterocycles. The minimum absolute atomic E-state index is 0.0502. The molecule has 1 fully saturated rings. The molecule has 10 nitrogen and oxygen atoms in total. The van der Waals surface area contributed by atoms with Crippen LogP contribution in [0.3, 0.4) is 0 Å². The van der Waals surface area contributed by atoms with E-state index in [0.29, 0.717) is 30.2 Å². The molecule has 0 bridgehead atoms. The Morgan fingerprint density at radius 1 is 1.06 bits per heavy atom. The van der Waals surface area contributed by atoms with Crippen molar-refractivity contribution in [3.63, 3.8) is 0 Å². The fourth-order valence-corrected chi connectivity index (χ4v) is 4.40. The van der Waals surface area contributed by atoms with Gasteiger partial charge in [-0.25, -0.2) is 0 Å². The second-order valence-electron chi connectivity index (χ2n) is 8.73. The summed E-state index contributed by atoms with van der Waals surface area (Å²) in [6.45, 7) is 1.07. The predicted molar refractivity (Wildman–Crippen MR) is 129 cm³/mol. The Morgan fingerprint density at radius 2 is 1.86 bits per heavy atom. The Hall–Kier alpha value is -4.21. The molecule has 3 N–H and O–H groups in total. The number of nitrogens with zero attached hydrogens (tertiary/aromatic N) is 1. The van der Waals surface area contributed by atoms with Crippen molar-refractivity contribution in [1.82, 2.24) is 10.2 Å². The highest BCUT2D eigenvalue weighted by molar-refractivity contribution is 6.25. The SMILES string of the molecule is O=C(O)Cc1cccc(OCCCCCNc2cccc3c2C(=O)N(C2CCC(=O)NC2=O)C3=O)c1. The van der Waals surface area contributed by atoms with E-state index >= 15 is 0 Å². The number of hydrogen-bond acceptors (Lipinski definition) is 7. The van der Waals surface area contributed by atoms with Crippen molar-refractivity contribution in [2.45, 2.75) is 44.6 Å². The van der Waals surface area contributed by atoms with E-state index in [2.05, 4.69) is 10.6 Å². The number of benzene rings is 2. The first-order valence-corrected chi connectivity index (χ1v) is 11.9.